The topological polar surface area (TPSA) is 83.8 Å². The van der Waals surface area contributed by atoms with Gasteiger partial charge in [0, 0.05) is 11.3 Å². The van der Waals surface area contributed by atoms with Crippen molar-refractivity contribution in [3.63, 3.8) is 0 Å². The number of rotatable bonds is 2. The van der Waals surface area contributed by atoms with Gasteiger partial charge in [-0.1, -0.05) is 0 Å². The second-order valence-electron chi connectivity index (χ2n) is 3.10. The molecule has 72 valence electrons. The molecule has 0 aliphatic heterocycles. The maximum Gasteiger partial charge on any atom is 0.242 e. The fourth-order valence-corrected chi connectivity index (χ4v) is 0.837. The number of anilines is 1. The fourth-order valence-electron chi connectivity index (χ4n) is 0.837. The summed E-state index contributed by atoms with van der Waals surface area (Å²) in [6.45, 7) is 5.41. The van der Waals surface area contributed by atoms with Gasteiger partial charge in [-0.2, -0.15) is 5.10 Å². The monoisotopic (exact) mass is 182 g/mol. The highest BCUT2D eigenvalue weighted by atomic mass is 16.2. The molecule has 0 aliphatic rings. The molecule has 0 saturated carbocycles. The number of hydrogen-bond acceptors (Lipinski definition) is 3. The van der Waals surface area contributed by atoms with Gasteiger partial charge in [-0.3, -0.25) is 9.89 Å². The molecule has 5 nitrogen and oxygen atoms in total. The van der Waals surface area contributed by atoms with Crippen molar-refractivity contribution in [1.29, 1.82) is 0 Å². The summed E-state index contributed by atoms with van der Waals surface area (Å²) >= 11 is 0. The molecule has 1 heterocycles. The van der Waals surface area contributed by atoms with Gasteiger partial charge in [-0.25, -0.2) is 0 Å². The van der Waals surface area contributed by atoms with Crippen molar-refractivity contribution in [3.05, 3.63) is 11.3 Å². The van der Waals surface area contributed by atoms with Crippen LogP contribution in [0.15, 0.2) is 0 Å². The molecule has 0 aliphatic carbocycles. The molecule has 1 aromatic heterocycles. The van der Waals surface area contributed by atoms with E-state index in [1.807, 2.05) is 13.8 Å². The second-order valence-corrected chi connectivity index (χ2v) is 3.10. The summed E-state index contributed by atoms with van der Waals surface area (Å²) in [7, 11) is 0. The minimum Gasteiger partial charge on any atom is -0.320 e. The van der Waals surface area contributed by atoms with E-state index in [1.54, 1.807) is 6.92 Å². The maximum atomic E-state index is 11.2. The summed E-state index contributed by atoms with van der Waals surface area (Å²) in [4.78, 5) is 11.2. The summed E-state index contributed by atoms with van der Waals surface area (Å²) in [6, 6.07) is -0.517. The Bertz CT molecular complexity index is 316. The summed E-state index contributed by atoms with van der Waals surface area (Å²) in [6.07, 6.45) is 0. The molecule has 1 aromatic rings. The van der Waals surface area contributed by atoms with E-state index in [1.165, 1.54) is 0 Å². The van der Waals surface area contributed by atoms with Crippen molar-refractivity contribution in [2.24, 2.45) is 5.73 Å². The lowest BCUT2D eigenvalue weighted by Crippen LogP contribution is -2.32. The average Bonchev–Trinajstić information content (AvgIpc) is 2.36. The van der Waals surface area contributed by atoms with Crippen molar-refractivity contribution in [1.82, 2.24) is 10.2 Å². The van der Waals surface area contributed by atoms with Gasteiger partial charge in [0.1, 0.15) is 0 Å². The normalized spacial score (nSPS) is 12.6. The van der Waals surface area contributed by atoms with Crippen LogP contribution in [0.5, 0.6) is 0 Å². The summed E-state index contributed by atoms with van der Waals surface area (Å²) in [5.41, 5.74) is 7.27. The summed E-state index contributed by atoms with van der Waals surface area (Å²) in [5.74, 6) is 0.328. The number of nitrogens with one attached hydrogen (secondary N) is 2. The number of carbonyl (C=O) groups is 1. The van der Waals surface area contributed by atoms with Crippen LogP contribution in [0.3, 0.4) is 0 Å². The first-order chi connectivity index (χ1) is 6.02. The molecule has 0 bridgehead atoms. The largest absolute Gasteiger partial charge is 0.320 e. The van der Waals surface area contributed by atoms with Crippen LogP contribution in [-0.4, -0.2) is 22.1 Å². The van der Waals surface area contributed by atoms with E-state index in [0.29, 0.717) is 5.82 Å². The van der Waals surface area contributed by atoms with Gasteiger partial charge in [-0.15, -0.1) is 0 Å². The molecule has 1 atom stereocenters. The van der Waals surface area contributed by atoms with E-state index in [2.05, 4.69) is 15.5 Å². The summed E-state index contributed by atoms with van der Waals surface area (Å²) in [5, 5.41) is 9.33. The number of nitrogens with two attached hydrogens (primary N) is 1. The predicted molar refractivity (Wildman–Crippen MR) is 50.3 cm³/mol. The van der Waals surface area contributed by atoms with Crippen LogP contribution >= 0.6 is 0 Å². The van der Waals surface area contributed by atoms with Gasteiger partial charge in [0.15, 0.2) is 5.82 Å². The first-order valence-corrected chi connectivity index (χ1v) is 4.10. The average molecular weight is 182 g/mol. The summed E-state index contributed by atoms with van der Waals surface area (Å²) < 4.78 is 0. The molecule has 1 unspecified atom stereocenters. The number of H-pyrrole nitrogens is 1. The van der Waals surface area contributed by atoms with Crippen molar-refractivity contribution in [2.45, 2.75) is 26.8 Å². The molecule has 0 fully saturated rings. The molecule has 0 spiro atoms. The Kier molecular flexibility index (Phi) is 2.67. The Morgan fingerprint density at radius 1 is 1.62 bits per heavy atom. The van der Waals surface area contributed by atoms with Crippen LogP contribution < -0.4 is 11.1 Å². The number of carbonyl (C=O) groups excluding carboxylic acids is 1. The van der Waals surface area contributed by atoms with E-state index < -0.39 is 6.04 Å². The van der Waals surface area contributed by atoms with Crippen LogP contribution in [0, 0.1) is 13.8 Å². The molecular weight excluding hydrogens is 168 g/mol. The lowest BCUT2D eigenvalue weighted by Gasteiger charge is -2.05. The molecule has 0 aromatic carbocycles. The molecule has 0 radical (unpaired) electrons. The van der Waals surface area contributed by atoms with Crippen LogP contribution in [0.1, 0.15) is 18.2 Å². The van der Waals surface area contributed by atoms with E-state index in [0.717, 1.165) is 11.3 Å². The zero-order chi connectivity index (χ0) is 10.0. The van der Waals surface area contributed by atoms with Gasteiger partial charge in [-0.05, 0) is 20.8 Å². The van der Waals surface area contributed by atoms with Crippen molar-refractivity contribution in [3.8, 4) is 0 Å². The molecular formula is C8H14N4O. The standard InChI is InChI=1S/C8H14N4O/c1-4-6(3)11-12-7(4)10-8(13)5(2)9/h5H,9H2,1-3H3,(H2,10,11,12,13). The zero-order valence-corrected chi connectivity index (χ0v) is 8.01. The van der Waals surface area contributed by atoms with Gasteiger partial charge < -0.3 is 11.1 Å². The van der Waals surface area contributed by atoms with Gasteiger partial charge in [0.2, 0.25) is 5.91 Å². The van der Waals surface area contributed by atoms with E-state index >= 15 is 0 Å². The lowest BCUT2D eigenvalue weighted by atomic mass is 10.2. The quantitative estimate of drug-likeness (QED) is 0.615. The molecule has 5 heteroatoms. The Hall–Kier alpha value is -1.36. The third kappa shape index (κ3) is 2.06. The molecule has 4 N–H and O–H groups in total. The number of hydrogen-bond donors (Lipinski definition) is 3. The van der Waals surface area contributed by atoms with Crippen LogP contribution in [-0.2, 0) is 4.79 Å². The third-order valence-electron chi connectivity index (χ3n) is 1.91. The zero-order valence-electron chi connectivity index (χ0n) is 8.01. The van der Waals surface area contributed by atoms with Crippen LogP contribution in [0.2, 0.25) is 0 Å². The predicted octanol–water partition coefficient (Wildman–Crippen LogP) is 0.312. The van der Waals surface area contributed by atoms with Gasteiger partial charge >= 0.3 is 0 Å². The van der Waals surface area contributed by atoms with E-state index in [-0.39, 0.29) is 5.91 Å². The highest BCUT2D eigenvalue weighted by Gasteiger charge is 2.11. The highest BCUT2D eigenvalue weighted by Crippen LogP contribution is 2.13. The van der Waals surface area contributed by atoms with Crippen molar-refractivity contribution >= 4 is 11.7 Å². The minimum absolute atomic E-state index is 0.227. The molecule has 13 heavy (non-hydrogen) atoms. The van der Waals surface area contributed by atoms with E-state index in [9.17, 15) is 4.79 Å². The van der Waals surface area contributed by atoms with Gasteiger partial charge in [0.25, 0.3) is 0 Å². The fraction of sp³-hybridized carbons (Fsp3) is 0.500. The number of amides is 1. The van der Waals surface area contributed by atoms with E-state index in [4.69, 9.17) is 5.73 Å². The second kappa shape index (κ2) is 3.57. The highest BCUT2D eigenvalue weighted by molar-refractivity contribution is 5.94. The SMILES string of the molecule is Cc1[nH]nc(NC(=O)C(C)N)c1C. The third-order valence-corrected chi connectivity index (χ3v) is 1.91. The Morgan fingerprint density at radius 3 is 2.62 bits per heavy atom. The minimum atomic E-state index is -0.517. The van der Waals surface area contributed by atoms with Crippen molar-refractivity contribution < 1.29 is 4.79 Å². The lowest BCUT2D eigenvalue weighted by molar-refractivity contribution is -0.117. The van der Waals surface area contributed by atoms with Crippen LogP contribution in [0.4, 0.5) is 5.82 Å². The molecule has 1 rings (SSSR count). The number of aryl methyl sites for hydroxylation is 1. The Labute approximate surface area is 76.7 Å². The first kappa shape index (κ1) is 9.73. The molecule has 1 amide bonds. The number of aromatic nitrogens is 2. The first-order valence-electron chi connectivity index (χ1n) is 4.10. The molecule has 0 saturated heterocycles. The number of nitrogens with zero attached hydrogens (tertiary/aromatic N) is 1. The smallest absolute Gasteiger partial charge is 0.242 e. The Morgan fingerprint density at radius 2 is 2.23 bits per heavy atom. The Balaban J connectivity index is 2.75. The number of aromatic amines is 1. The maximum absolute atomic E-state index is 11.2. The van der Waals surface area contributed by atoms with Crippen LogP contribution in [0.25, 0.3) is 0 Å². The van der Waals surface area contributed by atoms with Crippen molar-refractivity contribution in [2.75, 3.05) is 5.32 Å². The van der Waals surface area contributed by atoms with Gasteiger partial charge in [0.05, 0.1) is 6.04 Å².